The molecule has 206 valence electrons. The van der Waals surface area contributed by atoms with E-state index >= 15 is 0 Å². The second-order valence-corrected chi connectivity index (χ2v) is 10.4. The Bertz CT molecular complexity index is 1610. The number of halogens is 1. The van der Waals surface area contributed by atoms with E-state index < -0.39 is 29.0 Å². The number of amides is 1. The average Bonchev–Trinajstić information content (AvgIpc) is 3.56. The maximum atomic E-state index is 14.6. The lowest BCUT2D eigenvalue weighted by Gasteiger charge is -2.41. The van der Waals surface area contributed by atoms with Gasteiger partial charge in [0.05, 0.1) is 33.2 Å². The van der Waals surface area contributed by atoms with Gasteiger partial charge in [0.15, 0.2) is 5.75 Å². The molecule has 2 aromatic carbocycles. The van der Waals surface area contributed by atoms with Crippen molar-refractivity contribution in [3.63, 3.8) is 0 Å². The first-order chi connectivity index (χ1) is 19.2. The summed E-state index contributed by atoms with van der Waals surface area (Å²) in [5, 5.41) is 10.2. The Morgan fingerprint density at radius 3 is 2.40 bits per heavy atom. The van der Waals surface area contributed by atoms with Crippen molar-refractivity contribution in [3.8, 4) is 34.3 Å². The Kier molecular flexibility index (Phi) is 6.10. The highest BCUT2D eigenvalue weighted by molar-refractivity contribution is 6.36. The molecule has 1 spiro atoms. The Labute approximate surface area is 234 Å². The summed E-state index contributed by atoms with van der Waals surface area (Å²) in [6, 6.07) is 8.85. The molecule has 0 fully saturated rings. The number of aromatic amines is 1. The van der Waals surface area contributed by atoms with Crippen LogP contribution in [0.4, 0.5) is 0 Å². The number of rotatable bonds is 5. The molecule has 0 unspecified atom stereocenters. The minimum atomic E-state index is -1.88. The molecular formula is C29H26ClN3O7. The van der Waals surface area contributed by atoms with Gasteiger partial charge in [0.1, 0.15) is 27.8 Å². The number of methoxy groups -OCH3 is 3. The van der Waals surface area contributed by atoms with Crippen LogP contribution in [0.2, 0.25) is 5.02 Å². The number of fused-ring (bicyclic) bond motifs is 1. The topological polar surface area (TPSA) is 129 Å². The summed E-state index contributed by atoms with van der Waals surface area (Å²) < 4.78 is 22.4. The molecule has 0 saturated carbocycles. The van der Waals surface area contributed by atoms with Gasteiger partial charge in [-0.05, 0) is 30.7 Å². The number of carbonyl (C=O) groups excluding carboxylic acids is 3. The molecule has 2 N–H and O–H groups in total. The third-order valence-electron chi connectivity index (χ3n) is 7.98. The maximum absolute atomic E-state index is 14.6. The van der Waals surface area contributed by atoms with E-state index in [4.69, 9.17) is 30.5 Å². The minimum absolute atomic E-state index is 0.00321. The third kappa shape index (κ3) is 3.55. The summed E-state index contributed by atoms with van der Waals surface area (Å²) >= 11 is 6.56. The minimum Gasteiger partial charge on any atom is -0.497 e. The summed E-state index contributed by atoms with van der Waals surface area (Å²) in [6.07, 6.45) is 1.84. The van der Waals surface area contributed by atoms with E-state index in [2.05, 4.69) is 15.5 Å². The van der Waals surface area contributed by atoms with Crippen molar-refractivity contribution < 1.29 is 33.3 Å². The van der Waals surface area contributed by atoms with Gasteiger partial charge in [0.2, 0.25) is 23.1 Å². The van der Waals surface area contributed by atoms with Crippen LogP contribution in [0.25, 0.3) is 11.3 Å². The second kappa shape index (κ2) is 9.41. The normalized spacial score (nSPS) is 23.5. The van der Waals surface area contributed by atoms with Crippen LogP contribution in [0.3, 0.4) is 0 Å². The molecule has 3 atom stereocenters. The molecule has 1 aliphatic carbocycles. The first-order valence-electron chi connectivity index (χ1n) is 12.7. The number of carbonyl (C=O) groups is 3. The molecule has 0 bridgehead atoms. The predicted octanol–water partition coefficient (Wildman–Crippen LogP) is 4.24. The molecule has 3 aromatic rings. The molecule has 6 rings (SSSR count). The van der Waals surface area contributed by atoms with Crippen LogP contribution >= 0.6 is 11.6 Å². The predicted molar refractivity (Wildman–Crippen MR) is 144 cm³/mol. The first kappa shape index (κ1) is 25.9. The fourth-order valence-electron chi connectivity index (χ4n) is 6.00. The number of H-pyrrole nitrogens is 1. The van der Waals surface area contributed by atoms with Gasteiger partial charge in [-0.2, -0.15) is 5.10 Å². The van der Waals surface area contributed by atoms with E-state index in [0.29, 0.717) is 28.3 Å². The van der Waals surface area contributed by atoms with E-state index in [0.717, 1.165) is 5.56 Å². The number of ketones is 2. The summed E-state index contributed by atoms with van der Waals surface area (Å²) in [5.74, 6) is -1.38. The van der Waals surface area contributed by atoms with Gasteiger partial charge in [0.25, 0.3) is 0 Å². The van der Waals surface area contributed by atoms with Gasteiger partial charge in [-0.1, -0.05) is 18.5 Å². The second-order valence-electron chi connectivity index (χ2n) is 10.0. The van der Waals surface area contributed by atoms with Crippen LogP contribution in [-0.2, 0) is 9.59 Å². The number of allylic oxidation sites excluding steroid dienone is 1. The standard InChI is InChI=1S/C29H26ClN3O7/c1-13-9-18-22(27(35)29(13)28(36)23-19(38-3)11-20(39-4)24(30)26(23)40-29)16(10-21(34)32-18)17-12-31-33-25(17)14-5-7-15(37-2)8-6-14/h5-8,11-13,16H,9-10H2,1-4H3,(H,31,33)(H,32,34)/t13-,16-,29+/m1/s1. The number of hydrogen-bond donors (Lipinski definition) is 2. The number of nitrogens with zero attached hydrogens (tertiary/aromatic N) is 1. The lowest BCUT2D eigenvalue weighted by atomic mass is 9.66. The smallest absolute Gasteiger partial charge is 0.236 e. The number of benzene rings is 2. The molecule has 40 heavy (non-hydrogen) atoms. The van der Waals surface area contributed by atoms with E-state index in [1.54, 1.807) is 20.2 Å². The van der Waals surface area contributed by atoms with Crippen LogP contribution in [0, 0.1) is 5.92 Å². The lowest BCUT2D eigenvalue weighted by Crippen LogP contribution is -2.59. The Hall–Kier alpha value is -4.31. The van der Waals surface area contributed by atoms with Gasteiger partial charge in [0, 0.05) is 46.7 Å². The van der Waals surface area contributed by atoms with E-state index in [1.165, 1.54) is 20.3 Å². The summed E-state index contributed by atoms with van der Waals surface area (Å²) in [5.41, 5.74) is 1.13. The zero-order valence-electron chi connectivity index (χ0n) is 22.2. The molecule has 1 amide bonds. The highest BCUT2D eigenvalue weighted by atomic mass is 35.5. The fourth-order valence-corrected chi connectivity index (χ4v) is 6.27. The van der Waals surface area contributed by atoms with E-state index in [1.807, 2.05) is 24.3 Å². The summed E-state index contributed by atoms with van der Waals surface area (Å²) in [6.45, 7) is 1.75. The van der Waals surface area contributed by atoms with Crippen molar-refractivity contribution in [2.45, 2.75) is 31.3 Å². The van der Waals surface area contributed by atoms with Gasteiger partial charge >= 0.3 is 0 Å². The van der Waals surface area contributed by atoms with Crippen molar-refractivity contribution >= 4 is 29.1 Å². The highest BCUT2D eigenvalue weighted by Gasteiger charge is 2.63. The quantitative estimate of drug-likeness (QED) is 0.441. The van der Waals surface area contributed by atoms with Gasteiger partial charge < -0.3 is 24.3 Å². The van der Waals surface area contributed by atoms with Crippen LogP contribution in [0.15, 0.2) is 47.8 Å². The number of Topliss-reactive ketones (excluding diaryl/α,β-unsaturated/α-hetero) is 2. The number of nitrogens with one attached hydrogen (secondary N) is 2. The van der Waals surface area contributed by atoms with E-state index in [9.17, 15) is 14.4 Å². The molecule has 0 saturated heterocycles. The van der Waals surface area contributed by atoms with Gasteiger partial charge in [-0.3, -0.25) is 19.5 Å². The van der Waals surface area contributed by atoms with Gasteiger partial charge in [-0.15, -0.1) is 0 Å². The Morgan fingerprint density at radius 2 is 1.73 bits per heavy atom. The van der Waals surface area contributed by atoms with Crippen LogP contribution in [0.1, 0.15) is 41.6 Å². The van der Waals surface area contributed by atoms with Crippen LogP contribution < -0.4 is 24.3 Å². The monoisotopic (exact) mass is 563 g/mol. The van der Waals surface area contributed by atoms with Crippen LogP contribution in [0.5, 0.6) is 23.0 Å². The Morgan fingerprint density at radius 1 is 1.00 bits per heavy atom. The SMILES string of the molecule is COc1ccc(-c2[nH]ncc2[C@H]2CC(=O)NC3=C2C(=O)[C@@]2(Oc4c(Cl)c(OC)cc(OC)c4C2=O)[C@H](C)C3)cc1. The Balaban J connectivity index is 1.48. The van der Waals surface area contributed by atoms with Crippen molar-refractivity contribution in [1.29, 1.82) is 0 Å². The van der Waals surface area contributed by atoms with Crippen molar-refractivity contribution in [2.24, 2.45) is 5.92 Å². The largest absolute Gasteiger partial charge is 0.497 e. The van der Waals surface area contributed by atoms with Gasteiger partial charge in [-0.25, -0.2) is 0 Å². The molecule has 3 heterocycles. The molecule has 11 heteroatoms. The molecule has 10 nitrogen and oxygen atoms in total. The number of hydrogen-bond acceptors (Lipinski definition) is 8. The molecule has 0 radical (unpaired) electrons. The molecular weight excluding hydrogens is 538 g/mol. The molecule has 1 aromatic heterocycles. The first-order valence-corrected chi connectivity index (χ1v) is 13.1. The average molecular weight is 564 g/mol. The summed E-state index contributed by atoms with van der Waals surface area (Å²) in [4.78, 5) is 41.6. The maximum Gasteiger partial charge on any atom is 0.236 e. The van der Waals surface area contributed by atoms with Crippen molar-refractivity contribution in [1.82, 2.24) is 15.5 Å². The number of ether oxygens (including phenoxy) is 4. The van der Waals surface area contributed by atoms with Crippen LogP contribution in [-0.4, -0.2) is 54.6 Å². The zero-order valence-corrected chi connectivity index (χ0v) is 23.0. The fraction of sp³-hybridized carbons (Fsp3) is 0.310. The van der Waals surface area contributed by atoms with Crippen molar-refractivity contribution in [3.05, 3.63) is 63.9 Å². The molecule has 2 aliphatic heterocycles. The molecule has 3 aliphatic rings. The summed E-state index contributed by atoms with van der Waals surface area (Å²) in [7, 11) is 4.44. The van der Waals surface area contributed by atoms with Crippen molar-refractivity contribution in [2.75, 3.05) is 21.3 Å². The lowest BCUT2D eigenvalue weighted by molar-refractivity contribution is -0.131. The third-order valence-corrected chi connectivity index (χ3v) is 8.34. The number of aromatic nitrogens is 2. The van der Waals surface area contributed by atoms with E-state index in [-0.39, 0.29) is 46.6 Å². The zero-order chi connectivity index (χ0) is 28.3. The highest BCUT2D eigenvalue weighted by Crippen LogP contribution is 2.55.